The van der Waals surface area contributed by atoms with Gasteiger partial charge in [0.25, 0.3) is 5.91 Å². The molecule has 0 saturated carbocycles. The lowest BCUT2D eigenvalue weighted by atomic mass is 10.1. The number of aromatic carboxylic acids is 1. The summed E-state index contributed by atoms with van der Waals surface area (Å²) < 4.78 is 1.66. The van der Waals surface area contributed by atoms with Crippen LogP contribution in [-0.2, 0) is 13.0 Å². The van der Waals surface area contributed by atoms with E-state index in [2.05, 4.69) is 20.4 Å². The van der Waals surface area contributed by atoms with Gasteiger partial charge in [0.15, 0.2) is 11.5 Å². The standard InChI is InChI=1S/C17H16N6O3/c18-15-14(19-5-6-20-15)16(24)22-13-9-21-23(10-13)7-4-11-2-1-3-12(8-11)17(25)26/h1-3,5-6,8-10H,4,7H2,(H2,18,20)(H,22,24)(H,25,26). The molecule has 9 nitrogen and oxygen atoms in total. The molecule has 0 saturated heterocycles. The number of carboxylic acid groups (broad SMARTS) is 1. The van der Waals surface area contributed by atoms with Crippen LogP contribution < -0.4 is 11.1 Å². The van der Waals surface area contributed by atoms with Crippen molar-refractivity contribution in [1.82, 2.24) is 19.7 Å². The monoisotopic (exact) mass is 352 g/mol. The maximum absolute atomic E-state index is 12.1. The first kappa shape index (κ1) is 17.1. The van der Waals surface area contributed by atoms with E-state index < -0.39 is 11.9 Å². The number of carbonyl (C=O) groups excluding carboxylic acids is 1. The molecule has 1 aromatic carbocycles. The minimum absolute atomic E-state index is 0.0470. The highest BCUT2D eigenvalue weighted by atomic mass is 16.4. The number of hydrogen-bond acceptors (Lipinski definition) is 6. The van der Waals surface area contributed by atoms with Crippen molar-refractivity contribution in [3.63, 3.8) is 0 Å². The third-order valence-corrected chi connectivity index (χ3v) is 3.64. The normalized spacial score (nSPS) is 10.5. The largest absolute Gasteiger partial charge is 0.478 e. The second-order valence-electron chi connectivity index (χ2n) is 5.49. The van der Waals surface area contributed by atoms with Crippen molar-refractivity contribution >= 4 is 23.4 Å². The molecule has 0 spiro atoms. The highest BCUT2D eigenvalue weighted by molar-refractivity contribution is 6.05. The summed E-state index contributed by atoms with van der Waals surface area (Å²) in [5, 5.41) is 15.9. The van der Waals surface area contributed by atoms with Gasteiger partial charge in [0, 0.05) is 25.1 Å². The predicted octanol–water partition coefficient (Wildman–Crippen LogP) is 1.45. The molecule has 0 unspecified atom stereocenters. The fourth-order valence-electron chi connectivity index (χ4n) is 2.37. The van der Waals surface area contributed by atoms with Gasteiger partial charge in [-0.1, -0.05) is 12.1 Å². The fourth-order valence-corrected chi connectivity index (χ4v) is 2.37. The molecule has 0 radical (unpaired) electrons. The van der Waals surface area contributed by atoms with E-state index in [0.29, 0.717) is 18.7 Å². The van der Waals surface area contributed by atoms with Crippen LogP contribution in [0.5, 0.6) is 0 Å². The van der Waals surface area contributed by atoms with E-state index in [1.54, 1.807) is 29.1 Å². The van der Waals surface area contributed by atoms with Gasteiger partial charge in [0.1, 0.15) is 0 Å². The van der Waals surface area contributed by atoms with Crippen molar-refractivity contribution in [2.24, 2.45) is 0 Å². The molecule has 0 aliphatic carbocycles. The van der Waals surface area contributed by atoms with Gasteiger partial charge in [-0.2, -0.15) is 5.10 Å². The Hall–Kier alpha value is -3.75. The topological polar surface area (TPSA) is 136 Å². The van der Waals surface area contributed by atoms with E-state index in [1.807, 2.05) is 6.07 Å². The molecule has 4 N–H and O–H groups in total. The van der Waals surface area contributed by atoms with E-state index in [1.165, 1.54) is 18.6 Å². The molecule has 132 valence electrons. The fraction of sp³-hybridized carbons (Fsp3) is 0.118. The quantitative estimate of drug-likeness (QED) is 0.610. The van der Waals surface area contributed by atoms with Crippen LogP contribution in [0.15, 0.2) is 49.1 Å². The lowest BCUT2D eigenvalue weighted by Gasteiger charge is -2.04. The summed E-state index contributed by atoms with van der Waals surface area (Å²) in [4.78, 5) is 30.9. The lowest BCUT2D eigenvalue weighted by Crippen LogP contribution is -2.16. The molecule has 3 rings (SSSR count). The molecule has 0 aliphatic heterocycles. The number of nitrogens with two attached hydrogens (primary N) is 1. The number of nitrogens with one attached hydrogen (secondary N) is 1. The number of anilines is 2. The van der Waals surface area contributed by atoms with E-state index in [9.17, 15) is 9.59 Å². The zero-order valence-electron chi connectivity index (χ0n) is 13.7. The van der Waals surface area contributed by atoms with Crippen molar-refractivity contribution in [1.29, 1.82) is 0 Å². The van der Waals surface area contributed by atoms with Crippen LogP contribution in [0.3, 0.4) is 0 Å². The van der Waals surface area contributed by atoms with Gasteiger partial charge in [-0.05, 0) is 24.1 Å². The van der Waals surface area contributed by atoms with Crippen molar-refractivity contribution < 1.29 is 14.7 Å². The summed E-state index contributed by atoms with van der Waals surface area (Å²) in [6.07, 6.45) is 6.58. The number of carbonyl (C=O) groups is 2. The summed E-state index contributed by atoms with van der Waals surface area (Å²) >= 11 is 0. The van der Waals surface area contributed by atoms with Gasteiger partial charge in [-0.3, -0.25) is 9.48 Å². The van der Waals surface area contributed by atoms with Crippen LogP contribution in [0.1, 0.15) is 26.4 Å². The highest BCUT2D eigenvalue weighted by Crippen LogP contribution is 2.11. The minimum atomic E-state index is -0.959. The number of nitrogen functional groups attached to an aromatic ring is 1. The molecule has 0 fully saturated rings. The Balaban J connectivity index is 1.61. The molecule has 0 aliphatic rings. The van der Waals surface area contributed by atoms with Gasteiger partial charge in [-0.15, -0.1) is 0 Å². The SMILES string of the molecule is Nc1nccnc1C(=O)Nc1cnn(CCc2cccc(C(=O)O)c2)c1. The maximum Gasteiger partial charge on any atom is 0.335 e. The zero-order chi connectivity index (χ0) is 18.5. The average molecular weight is 352 g/mol. The number of aryl methyl sites for hydroxylation is 2. The third kappa shape index (κ3) is 4.01. The number of carboxylic acids is 1. The van der Waals surface area contributed by atoms with E-state index in [4.69, 9.17) is 10.8 Å². The Morgan fingerprint density at radius 3 is 2.81 bits per heavy atom. The highest BCUT2D eigenvalue weighted by Gasteiger charge is 2.13. The molecule has 9 heteroatoms. The first-order chi connectivity index (χ1) is 12.5. The van der Waals surface area contributed by atoms with Gasteiger partial charge in [0.05, 0.1) is 17.4 Å². The summed E-state index contributed by atoms with van der Waals surface area (Å²) in [7, 11) is 0. The first-order valence-corrected chi connectivity index (χ1v) is 7.75. The molecule has 2 heterocycles. The molecular formula is C17H16N6O3. The summed E-state index contributed by atoms with van der Waals surface area (Å²) in [6.45, 7) is 0.534. The minimum Gasteiger partial charge on any atom is -0.478 e. The number of hydrogen-bond donors (Lipinski definition) is 3. The van der Waals surface area contributed by atoms with Crippen molar-refractivity contribution in [2.45, 2.75) is 13.0 Å². The predicted molar refractivity (Wildman–Crippen MR) is 93.7 cm³/mol. The van der Waals surface area contributed by atoms with E-state index in [-0.39, 0.29) is 17.1 Å². The molecular weight excluding hydrogens is 336 g/mol. The van der Waals surface area contributed by atoms with Crippen molar-refractivity contribution in [3.05, 3.63) is 65.9 Å². The van der Waals surface area contributed by atoms with Crippen LogP contribution in [0, 0.1) is 0 Å². The van der Waals surface area contributed by atoms with Gasteiger partial charge >= 0.3 is 5.97 Å². The smallest absolute Gasteiger partial charge is 0.335 e. The number of benzene rings is 1. The number of aromatic nitrogens is 4. The molecule has 0 bridgehead atoms. The Morgan fingerprint density at radius 2 is 2.04 bits per heavy atom. The van der Waals surface area contributed by atoms with Crippen LogP contribution in [0.4, 0.5) is 11.5 Å². The maximum atomic E-state index is 12.1. The van der Waals surface area contributed by atoms with Gasteiger partial charge in [-0.25, -0.2) is 14.8 Å². The average Bonchev–Trinajstić information content (AvgIpc) is 3.08. The number of rotatable bonds is 6. The lowest BCUT2D eigenvalue weighted by molar-refractivity contribution is 0.0696. The van der Waals surface area contributed by atoms with Crippen LogP contribution in [0.2, 0.25) is 0 Å². The summed E-state index contributed by atoms with van der Waals surface area (Å²) in [5.74, 6) is -1.38. The Labute approximate surface area is 148 Å². The molecule has 26 heavy (non-hydrogen) atoms. The van der Waals surface area contributed by atoms with Crippen LogP contribution in [0.25, 0.3) is 0 Å². The molecule has 0 atom stereocenters. The van der Waals surface area contributed by atoms with E-state index in [0.717, 1.165) is 5.56 Å². The van der Waals surface area contributed by atoms with Crippen LogP contribution in [-0.4, -0.2) is 36.7 Å². The third-order valence-electron chi connectivity index (χ3n) is 3.64. The molecule has 1 amide bonds. The first-order valence-electron chi connectivity index (χ1n) is 7.75. The molecule has 3 aromatic rings. The van der Waals surface area contributed by atoms with Crippen molar-refractivity contribution in [2.75, 3.05) is 11.1 Å². The Morgan fingerprint density at radius 1 is 1.23 bits per heavy atom. The number of nitrogens with zero attached hydrogens (tertiary/aromatic N) is 4. The second kappa shape index (κ2) is 7.43. The van der Waals surface area contributed by atoms with Crippen molar-refractivity contribution in [3.8, 4) is 0 Å². The molecule has 2 aromatic heterocycles. The Bertz CT molecular complexity index is 953. The van der Waals surface area contributed by atoms with Gasteiger partial charge < -0.3 is 16.2 Å². The van der Waals surface area contributed by atoms with Crippen LogP contribution >= 0.6 is 0 Å². The summed E-state index contributed by atoms with van der Waals surface area (Å²) in [6, 6.07) is 6.74. The summed E-state index contributed by atoms with van der Waals surface area (Å²) in [5.41, 5.74) is 7.31. The second-order valence-corrected chi connectivity index (χ2v) is 5.49. The number of amides is 1. The van der Waals surface area contributed by atoms with E-state index >= 15 is 0 Å². The zero-order valence-corrected chi connectivity index (χ0v) is 13.7. The van der Waals surface area contributed by atoms with Gasteiger partial charge in [0.2, 0.25) is 0 Å². The Kier molecular flexibility index (Phi) is 4.88.